The van der Waals surface area contributed by atoms with E-state index in [4.69, 9.17) is 11.1 Å². The Hall–Kier alpha value is -1.65. The average molecular weight is 281 g/mol. The minimum Gasteiger partial charge on any atom is -0.384 e. The number of nitrogens with zero attached hydrogens (tertiary/aromatic N) is 1. The first-order chi connectivity index (χ1) is 9.31. The molecule has 3 N–H and O–H groups in total. The zero-order valence-corrected chi connectivity index (χ0v) is 12.1. The molecule has 1 aliphatic heterocycles. The highest BCUT2D eigenvalue weighted by molar-refractivity contribution is 5.95. The highest BCUT2D eigenvalue weighted by Gasteiger charge is 2.32. The van der Waals surface area contributed by atoms with Gasteiger partial charge in [0.15, 0.2) is 0 Å². The first kappa shape index (κ1) is 14.8. The van der Waals surface area contributed by atoms with Gasteiger partial charge in [0.1, 0.15) is 23.2 Å². The maximum atomic E-state index is 14.2. The minimum atomic E-state index is -0.650. The van der Waals surface area contributed by atoms with Gasteiger partial charge >= 0.3 is 0 Å². The molecule has 0 aliphatic carbocycles. The lowest BCUT2D eigenvalue weighted by Gasteiger charge is -2.42. The summed E-state index contributed by atoms with van der Waals surface area (Å²) in [6.45, 7) is 6.83. The van der Waals surface area contributed by atoms with Crippen molar-refractivity contribution < 1.29 is 8.78 Å². The summed E-state index contributed by atoms with van der Waals surface area (Å²) in [5.41, 5.74) is 5.37. The van der Waals surface area contributed by atoms with Crippen LogP contribution in [0.5, 0.6) is 0 Å². The van der Waals surface area contributed by atoms with Gasteiger partial charge in [-0.25, -0.2) is 8.78 Å². The molecule has 1 aromatic rings. The quantitative estimate of drug-likeness (QED) is 0.646. The van der Waals surface area contributed by atoms with Crippen molar-refractivity contribution in [3.05, 3.63) is 29.3 Å². The monoisotopic (exact) mass is 281 g/mol. The van der Waals surface area contributed by atoms with Gasteiger partial charge in [0.05, 0.1) is 0 Å². The van der Waals surface area contributed by atoms with Crippen LogP contribution in [0.15, 0.2) is 12.1 Å². The molecular weight excluding hydrogens is 260 g/mol. The summed E-state index contributed by atoms with van der Waals surface area (Å²) in [5, 5.41) is 7.28. The molecule has 2 rings (SSSR count). The second kappa shape index (κ2) is 5.38. The van der Waals surface area contributed by atoms with Gasteiger partial charge in [0.2, 0.25) is 0 Å². The molecule has 0 radical (unpaired) electrons. The summed E-state index contributed by atoms with van der Waals surface area (Å²) in [6.07, 6.45) is 1.06. The molecule has 5 heteroatoms. The fourth-order valence-electron chi connectivity index (χ4n) is 3.01. The van der Waals surface area contributed by atoms with Crippen LogP contribution in [-0.4, -0.2) is 18.4 Å². The van der Waals surface area contributed by atoms with E-state index in [-0.39, 0.29) is 23.1 Å². The normalized spacial score (nSPS) is 26.6. The SMILES string of the molecule is CC1CC(C)C(C)N(c2c(F)cc(C(=N)N)cc2F)C1. The molecule has 1 aliphatic rings. The summed E-state index contributed by atoms with van der Waals surface area (Å²) in [7, 11) is 0. The molecule has 110 valence electrons. The Morgan fingerprint density at radius 1 is 1.25 bits per heavy atom. The standard InChI is InChI=1S/C15H21F2N3/c1-8-4-9(2)10(3)20(7-8)14-12(16)5-11(15(18)19)6-13(14)17/h5-6,8-10H,4,7H2,1-3H3,(H3,18,19). The Labute approximate surface area is 118 Å². The molecule has 3 unspecified atom stereocenters. The Morgan fingerprint density at radius 3 is 2.30 bits per heavy atom. The van der Waals surface area contributed by atoms with Crippen molar-refractivity contribution in [3.8, 4) is 0 Å². The third kappa shape index (κ3) is 2.62. The first-order valence-electron chi connectivity index (χ1n) is 6.91. The van der Waals surface area contributed by atoms with E-state index < -0.39 is 11.6 Å². The van der Waals surface area contributed by atoms with Gasteiger partial charge in [-0.05, 0) is 37.3 Å². The number of hydrogen-bond acceptors (Lipinski definition) is 2. The lowest BCUT2D eigenvalue weighted by atomic mass is 9.85. The highest BCUT2D eigenvalue weighted by Crippen LogP contribution is 2.34. The molecule has 0 amide bonds. The number of halogens is 2. The zero-order valence-electron chi connectivity index (χ0n) is 12.1. The number of piperidine rings is 1. The van der Waals surface area contributed by atoms with E-state index in [1.165, 1.54) is 0 Å². The lowest BCUT2D eigenvalue weighted by molar-refractivity contribution is 0.293. The summed E-state index contributed by atoms with van der Waals surface area (Å²) in [6, 6.07) is 2.35. The Balaban J connectivity index is 2.44. The van der Waals surface area contributed by atoms with Crippen LogP contribution in [0.2, 0.25) is 0 Å². The van der Waals surface area contributed by atoms with Crippen molar-refractivity contribution in [2.24, 2.45) is 17.6 Å². The predicted octanol–water partition coefficient (Wildman–Crippen LogP) is 3.12. The molecule has 20 heavy (non-hydrogen) atoms. The van der Waals surface area contributed by atoms with Crippen LogP contribution in [0.4, 0.5) is 14.5 Å². The molecule has 0 saturated carbocycles. The third-order valence-electron chi connectivity index (χ3n) is 4.21. The summed E-state index contributed by atoms with van der Waals surface area (Å²) < 4.78 is 28.5. The molecule has 1 heterocycles. The molecule has 1 saturated heterocycles. The van der Waals surface area contributed by atoms with E-state index in [2.05, 4.69) is 13.8 Å². The van der Waals surface area contributed by atoms with Crippen molar-refractivity contribution in [2.45, 2.75) is 33.2 Å². The lowest BCUT2D eigenvalue weighted by Crippen LogP contribution is -2.46. The van der Waals surface area contributed by atoms with Crippen LogP contribution in [0.1, 0.15) is 32.8 Å². The molecule has 0 aromatic heterocycles. The van der Waals surface area contributed by atoms with Crippen LogP contribution in [0.3, 0.4) is 0 Å². The van der Waals surface area contributed by atoms with Crippen molar-refractivity contribution in [2.75, 3.05) is 11.4 Å². The minimum absolute atomic E-state index is 0.000833. The number of rotatable bonds is 2. The zero-order chi connectivity index (χ0) is 15.0. The Kier molecular flexibility index (Phi) is 3.97. The molecule has 3 nitrogen and oxygen atoms in total. The first-order valence-corrected chi connectivity index (χ1v) is 6.91. The van der Waals surface area contributed by atoms with Crippen molar-refractivity contribution >= 4 is 11.5 Å². The van der Waals surface area contributed by atoms with Crippen LogP contribution in [0, 0.1) is 28.9 Å². The van der Waals surface area contributed by atoms with Gasteiger partial charge in [-0.2, -0.15) is 0 Å². The fourth-order valence-corrected chi connectivity index (χ4v) is 3.01. The Morgan fingerprint density at radius 2 is 1.80 bits per heavy atom. The predicted molar refractivity (Wildman–Crippen MR) is 77.1 cm³/mol. The van der Waals surface area contributed by atoms with Gasteiger partial charge in [0.25, 0.3) is 0 Å². The highest BCUT2D eigenvalue weighted by atomic mass is 19.1. The average Bonchev–Trinajstić information content (AvgIpc) is 2.33. The fraction of sp³-hybridized carbons (Fsp3) is 0.533. The summed E-state index contributed by atoms with van der Waals surface area (Å²) in [5.74, 6) is -0.855. The molecule has 1 aromatic carbocycles. The van der Waals surface area contributed by atoms with Gasteiger partial charge in [0, 0.05) is 18.2 Å². The van der Waals surface area contributed by atoms with E-state index in [0.29, 0.717) is 18.4 Å². The van der Waals surface area contributed by atoms with E-state index in [0.717, 1.165) is 18.6 Å². The van der Waals surface area contributed by atoms with E-state index in [1.54, 1.807) is 4.90 Å². The van der Waals surface area contributed by atoms with Crippen LogP contribution in [0.25, 0.3) is 0 Å². The second-order valence-electron chi connectivity index (χ2n) is 5.91. The second-order valence-corrected chi connectivity index (χ2v) is 5.91. The van der Waals surface area contributed by atoms with Crippen molar-refractivity contribution in [1.29, 1.82) is 5.41 Å². The molecule has 3 atom stereocenters. The van der Waals surface area contributed by atoms with E-state index in [1.807, 2.05) is 6.92 Å². The van der Waals surface area contributed by atoms with Crippen molar-refractivity contribution in [3.63, 3.8) is 0 Å². The van der Waals surface area contributed by atoms with E-state index >= 15 is 0 Å². The van der Waals surface area contributed by atoms with Crippen LogP contribution >= 0.6 is 0 Å². The number of amidine groups is 1. The molecule has 0 spiro atoms. The number of nitrogens with one attached hydrogen (secondary N) is 1. The van der Waals surface area contributed by atoms with Gasteiger partial charge in [-0.15, -0.1) is 0 Å². The summed E-state index contributed by atoms with van der Waals surface area (Å²) >= 11 is 0. The number of hydrogen-bond donors (Lipinski definition) is 2. The van der Waals surface area contributed by atoms with Gasteiger partial charge in [-0.1, -0.05) is 13.8 Å². The number of nitrogen functional groups attached to an aromatic ring is 1. The largest absolute Gasteiger partial charge is 0.384 e. The third-order valence-corrected chi connectivity index (χ3v) is 4.21. The van der Waals surface area contributed by atoms with E-state index in [9.17, 15) is 8.78 Å². The van der Waals surface area contributed by atoms with Crippen LogP contribution < -0.4 is 10.6 Å². The summed E-state index contributed by atoms with van der Waals surface area (Å²) in [4.78, 5) is 1.80. The number of nitrogens with two attached hydrogens (primary N) is 1. The van der Waals surface area contributed by atoms with Gasteiger partial charge < -0.3 is 10.6 Å². The number of anilines is 1. The van der Waals surface area contributed by atoms with Crippen molar-refractivity contribution in [1.82, 2.24) is 0 Å². The molecule has 0 bridgehead atoms. The molecular formula is C15H21F2N3. The maximum Gasteiger partial charge on any atom is 0.150 e. The van der Waals surface area contributed by atoms with Gasteiger partial charge in [-0.3, -0.25) is 5.41 Å². The topological polar surface area (TPSA) is 53.1 Å². The maximum absolute atomic E-state index is 14.2. The van der Waals surface area contributed by atoms with Crippen LogP contribution in [-0.2, 0) is 0 Å². The number of benzene rings is 1. The Bertz CT molecular complexity index is 507. The smallest absolute Gasteiger partial charge is 0.150 e. The molecule has 1 fully saturated rings.